The molecule has 1 aromatic heterocycles. The van der Waals surface area contributed by atoms with E-state index in [9.17, 15) is 0 Å². The molecule has 0 N–H and O–H groups in total. The van der Waals surface area contributed by atoms with Gasteiger partial charge in [-0.3, -0.25) is 0 Å². The summed E-state index contributed by atoms with van der Waals surface area (Å²) >= 11 is 1.62. The average Bonchev–Trinajstić information content (AvgIpc) is 2.95. The van der Waals surface area contributed by atoms with E-state index in [1.807, 2.05) is 31.2 Å². The predicted octanol–water partition coefficient (Wildman–Crippen LogP) is 2.43. The molecule has 0 radical (unpaired) electrons. The first-order chi connectivity index (χ1) is 7.38. The smallest absolute Gasteiger partial charge is 0.1000 e. The van der Waals surface area contributed by atoms with Crippen molar-refractivity contribution in [2.45, 2.75) is 13.0 Å². The summed E-state index contributed by atoms with van der Waals surface area (Å²) < 4.78 is 5.03. The van der Waals surface area contributed by atoms with Crippen LogP contribution in [0.5, 0.6) is 0 Å². The molecule has 0 amide bonds. The molecule has 1 aromatic rings. The molecule has 1 aliphatic rings. The van der Waals surface area contributed by atoms with Gasteiger partial charge in [0.05, 0.1) is 22.5 Å². The maximum atomic E-state index is 5.03. The van der Waals surface area contributed by atoms with E-state index >= 15 is 0 Å². The molecule has 2 rings (SSSR count). The fourth-order valence-electron chi connectivity index (χ4n) is 1.03. The SMILES string of the molecule is CC#Cc1ccc(C#C/C=C\[C@H]2CO2)s1. The van der Waals surface area contributed by atoms with Gasteiger partial charge in [0.2, 0.25) is 0 Å². The topological polar surface area (TPSA) is 12.5 Å². The first-order valence-electron chi connectivity index (χ1n) is 4.71. The summed E-state index contributed by atoms with van der Waals surface area (Å²) in [6.07, 6.45) is 4.14. The lowest BCUT2D eigenvalue weighted by Crippen LogP contribution is -1.70. The summed E-state index contributed by atoms with van der Waals surface area (Å²) in [5, 5.41) is 0. The molecule has 1 aliphatic heterocycles. The highest BCUT2D eigenvalue weighted by atomic mass is 32.1. The summed E-state index contributed by atoms with van der Waals surface area (Å²) in [7, 11) is 0. The van der Waals surface area contributed by atoms with Crippen LogP contribution in [0.3, 0.4) is 0 Å². The maximum Gasteiger partial charge on any atom is 0.1000 e. The van der Waals surface area contributed by atoms with Crippen LogP contribution in [0.4, 0.5) is 0 Å². The Labute approximate surface area is 93.8 Å². The van der Waals surface area contributed by atoms with Crippen molar-refractivity contribution in [1.29, 1.82) is 0 Å². The molecule has 1 nitrogen and oxygen atoms in total. The largest absolute Gasteiger partial charge is 0.369 e. The van der Waals surface area contributed by atoms with E-state index in [0.717, 1.165) is 16.4 Å². The Kier molecular flexibility index (Phi) is 3.25. The Morgan fingerprint density at radius 1 is 1.40 bits per heavy atom. The number of hydrogen-bond acceptors (Lipinski definition) is 2. The second-order valence-corrected chi connectivity index (χ2v) is 4.12. The molecule has 0 aliphatic carbocycles. The highest BCUT2D eigenvalue weighted by Gasteiger charge is 2.17. The van der Waals surface area contributed by atoms with Crippen molar-refractivity contribution in [1.82, 2.24) is 0 Å². The number of epoxide rings is 1. The van der Waals surface area contributed by atoms with Gasteiger partial charge in [-0.25, -0.2) is 0 Å². The molecule has 0 saturated carbocycles. The van der Waals surface area contributed by atoms with Crippen LogP contribution in [-0.4, -0.2) is 12.7 Å². The second kappa shape index (κ2) is 4.84. The number of allylic oxidation sites excluding steroid dienone is 1. The van der Waals surface area contributed by atoms with E-state index in [0.29, 0.717) is 6.10 Å². The van der Waals surface area contributed by atoms with Crippen molar-refractivity contribution >= 4 is 11.3 Å². The van der Waals surface area contributed by atoms with Gasteiger partial charge in [-0.1, -0.05) is 17.8 Å². The number of rotatable bonds is 1. The zero-order valence-electron chi connectivity index (χ0n) is 8.41. The lowest BCUT2D eigenvalue weighted by molar-refractivity contribution is 0.440. The van der Waals surface area contributed by atoms with Crippen LogP contribution in [0.15, 0.2) is 24.3 Å². The Morgan fingerprint density at radius 3 is 2.80 bits per heavy atom. The van der Waals surface area contributed by atoms with Gasteiger partial charge in [0.15, 0.2) is 0 Å². The third-order valence-electron chi connectivity index (χ3n) is 1.80. The van der Waals surface area contributed by atoms with Gasteiger partial charge in [0, 0.05) is 0 Å². The van der Waals surface area contributed by atoms with E-state index in [-0.39, 0.29) is 0 Å². The molecule has 15 heavy (non-hydrogen) atoms. The summed E-state index contributed by atoms with van der Waals surface area (Å²) in [5.41, 5.74) is 0. The molecule has 1 atom stereocenters. The summed E-state index contributed by atoms with van der Waals surface area (Å²) in [5.74, 6) is 11.9. The molecular weight excluding hydrogens is 204 g/mol. The van der Waals surface area contributed by atoms with Crippen LogP contribution in [0.25, 0.3) is 0 Å². The van der Waals surface area contributed by atoms with Crippen molar-refractivity contribution < 1.29 is 4.74 Å². The van der Waals surface area contributed by atoms with E-state index < -0.39 is 0 Å². The average molecular weight is 214 g/mol. The van der Waals surface area contributed by atoms with Crippen molar-refractivity contribution in [3.63, 3.8) is 0 Å². The molecule has 1 fully saturated rings. The second-order valence-electron chi connectivity index (χ2n) is 3.04. The summed E-state index contributed by atoms with van der Waals surface area (Å²) in [6, 6.07) is 4.00. The third-order valence-corrected chi connectivity index (χ3v) is 2.72. The summed E-state index contributed by atoms with van der Waals surface area (Å²) in [4.78, 5) is 2.12. The Balaban J connectivity index is 1.98. The van der Waals surface area contributed by atoms with Gasteiger partial charge in [-0.05, 0) is 31.2 Å². The van der Waals surface area contributed by atoms with Crippen LogP contribution in [0.1, 0.15) is 16.7 Å². The fourth-order valence-corrected chi connectivity index (χ4v) is 1.80. The van der Waals surface area contributed by atoms with Crippen molar-refractivity contribution in [3.05, 3.63) is 34.0 Å². The van der Waals surface area contributed by atoms with Crippen molar-refractivity contribution in [2.75, 3.05) is 6.61 Å². The molecule has 2 heteroatoms. The Bertz CT molecular complexity index is 484. The minimum Gasteiger partial charge on any atom is -0.369 e. The molecular formula is C13H10OS. The molecule has 0 spiro atoms. The van der Waals surface area contributed by atoms with Crippen LogP contribution in [-0.2, 0) is 4.74 Å². The molecule has 1 saturated heterocycles. The fraction of sp³-hybridized carbons (Fsp3) is 0.231. The molecule has 2 heterocycles. The van der Waals surface area contributed by atoms with Crippen molar-refractivity contribution in [3.8, 4) is 23.7 Å². The zero-order valence-corrected chi connectivity index (χ0v) is 9.23. The van der Waals surface area contributed by atoms with E-state index in [1.165, 1.54) is 0 Å². The number of hydrogen-bond donors (Lipinski definition) is 0. The first-order valence-corrected chi connectivity index (χ1v) is 5.52. The molecule has 0 bridgehead atoms. The van der Waals surface area contributed by atoms with Crippen LogP contribution in [0.2, 0.25) is 0 Å². The van der Waals surface area contributed by atoms with Gasteiger partial charge in [-0.2, -0.15) is 0 Å². The normalized spacial score (nSPS) is 17.8. The lowest BCUT2D eigenvalue weighted by atomic mass is 10.4. The van der Waals surface area contributed by atoms with Crippen LogP contribution in [0, 0.1) is 23.7 Å². The Hall–Kier alpha value is -1.48. The van der Waals surface area contributed by atoms with E-state index in [2.05, 4.69) is 23.7 Å². The van der Waals surface area contributed by atoms with E-state index in [1.54, 1.807) is 11.3 Å². The highest BCUT2D eigenvalue weighted by molar-refractivity contribution is 7.13. The number of ether oxygens (including phenoxy) is 1. The molecule has 0 unspecified atom stereocenters. The van der Waals surface area contributed by atoms with Gasteiger partial charge in [-0.15, -0.1) is 17.3 Å². The monoisotopic (exact) mass is 214 g/mol. The first kappa shape index (κ1) is 10.1. The highest BCUT2D eigenvalue weighted by Crippen LogP contribution is 2.14. The Morgan fingerprint density at radius 2 is 2.13 bits per heavy atom. The quantitative estimate of drug-likeness (QED) is 0.516. The minimum absolute atomic E-state index is 0.309. The van der Waals surface area contributed by atoms with Gasteiger partial charge in [0.25, 0.3) is 0 Å². The maximum absolute atomic E-state index is 5.03. The number of thiophene rings is 1. The van der Waals surface area contributed by atoms with Gasteiger partial charge >= 0.3 is 0 Å². The van der Waals surface area contributed by atoms with Crippen LogP contribution >= 0.6 is 11.3 Å². The standard InChI is InChI=1S/C13H10OS/c1-2-5-12-8-9-13(15-12)7-4-3-6-11-10-14-11/h3,6,8-9,11H,10H2,1H3/b6-3-/t11-/m0/s1. The van der Waals surface area contributed by atoms with Gasteiger partial charge < -0.3 is 4.74 Å². The zero-order chi connectivity index (χ0) is 10.5. The van der Waals surface area contributed by atoms with E-state index in [4.69, 9.17) is 4.74 Å². The van der Waals surface area contributed by atoms with Crippen LogP contribution < -0.4 is 0 Å². The lowest BCUT2D eigenvalue weighted by Gasteiger charge is -1.75. The predicted molar refractivity (Wildman–Crippen MR) is 62.6 cm³/mol. The molecule has 0 aromatic carbocycles. The molecule has 74 valence electrons. The summed E-state index contributed by atoms with van der Waals surface area (Å²) in [6.45, 7) is 2.68. The van der Waals surface area contributed by atoms with Crippen molar-refractivity contribution in [2.24, 2.45) is 0 Å². The minimum atomic E-state index is 0.309. The third kappa shape index (κ3) is 3.29. The van der Waals surface area contributed by atoms with Gasteiger partial charge in [0.1, 0.15) is 0 Å².